The Morgan fingerprint density at radius 3 is 2.61 bits per heavy atom. The molecule has 2 rings (SSSR count). The van der Waals surface area contributed by atoms with Gasteiger partial charge in [-0.1, -0.05) is 35.5 Å². The highest BCUT2D eigenvalue weighted by molar-refractivity contribution is 5.94. The predicted octanol–water partition coefficient (Wildman–Crippen LogP) is 1.30. The molecule has 0 unspecified atom stereocenters. The van der Waals surface area contributed by atoms with E-state index in [2.05, 4.69) is 15.0 Å². The monoisotopic (exact) mass is 246 g/mol. The van der Waals surface area contributed by atoms with Crippen LogP contribution in [0.3, 0.4) is 0 Å². The molecule has 0 aliphatic rings. The summed E-state index contributed by atoms with van der Waals surface area (Å²) in [6.07, 6.45) is 0. The van der Waals surface area contributed by atoms with Crippen LogP contribution in [0.2, 0.25) is 0 Å². The van der Waals surface area contributed by atoms with E-state index in [9.17, 15) is 9.59 Å². The van der Waals surface area contributed by atoms with E-state index in [-0.39, 0.29) is 11.5 Å². The van der Waals surface area contributed by atoms with Gasteiger partial charge >= 0.3 is 5.97 Å². The number of carbonyl (C=O) groups is 2. The summed E-state index contributed by atoms with van der Waals surface area (Å²) in [6, 6.07) is 10.4. The van der Waals surface area contributed by atoms with E-state index in [1.165, 1.54) is 0 Å². The van der Waals surface area contributed by atoms with Crippen LogP contribution >= 0.6 is 0 Å². The summed E-state index contributed by atoms with van der Waals surface area (Å²) in [7, 11) is 0. The van der Waals surface area contributed by atoms with Crippen LogP contribution in [-0.4, -0.2) is 22.1 Å². The minimum Gasteiger partial charge on any atom is -0.475 e. The molecule has 18 heavy (non-hydrogen) atoms. The van der Waals surface area contributed by atoms with Crippen molar-refractivity contribution < 1.29 is 19.2 Å². The summed E-state index contributed by atoms with van der Waals surface area (Å²) in [6.45, 7) is 0.342. The number of benzene rings is 1. The van der Waals surface area contributed by atoms with E-state index in [0.29, 0.717) is 6.54 Å². The van der Waals surface area contributed by atoms with Gasteiger partial charge in [0.2, 0.25) is 5.76 Å². The molecule has 0 spiro atoms. The molecule has 2 aromatic rings. The van der Waals surface area contributed by atoms with Crippen LogP contribution < -0.4 is 5.32 Å². The Balaban J connectivity index is 1.97. The Kier molecular flexibility index (Phi) is 3.38. The predicted molar refractivity (Wildman–Crippen MR) is 61.1 cm³/mol. The van der Waals surface area contributed by atoms with Gasteiger partial charge in [-0.25, -0.2) is 4.79 Å². The van der Waals surface area contributed by atoms with Gasteiger partial charge in [-0.15, -0.1) is 0 Å². The molecule has 6 heteroatoms. The normalized spacial score (nSPS) is 10.0. The smallest absolute Gasteiger partial charge is 0.374 e. The number of nitrogens with zero attached hydrogens (tertiary/aromatic N) is 1. The van der Waals surface area contributed by atoms with Crippen LogP contribution in [0.1, 0.15) is 26.6 Å². The Morgan fingerprint density at radius 1 is 1.28 bits per heavy atom. The summed E-state index contributed by atoms with van der Waals surface area (Å²) in [5.74, 6) is -2.10. The van der Waals surface area contributed by atoms with E-state index in [0.717, 1.165) is 11.6 Å². The van der Waals surface area contributed by atoms with Gasteiger partial charge in [0.25, 0.3) is 5.91 Å². The lowest BCUT2D eigenvalue weighted by Gasteiger charge is -2.02. The first-order valence-corrected chi connectivity index (χ1v) is 5.19. The molecule has 0 saturated carbocycles. The topological polar surface area (TPSA) is 92.4 Å². The molecule has 0 aliphatic carbocycles. The van der Waals surface area contributed by atoms with Gasteiger partial charge in [-0.2, -0.15) is 0 Å². The van der Waals surface area contributed by atoms with E-state index < -0.39 is 11.9 Å². The zero-order valence-corrected chi connectivity index (χ0v) is 9.29. The second-order valence-corrected chi connectivity index (χ2v) is 3.55. The number of carbonyl (C=O) groups excluding carboxylic acids is 1. The molecular weight excluding hydrogens is 236 g/mol. The maximum Gasteiger partial charge on any atom is 0.374 e. The molecule has 1 aromatic carbocycles. The van der Waals surface area contributed by atoms with Gasteiger partial charge in [0.05, 0.1) is 0 Å². The minimum atomic E-state index is -1.26. The second-order valence-electron chi connectivity index (χ2n) is 3.55. The third-order valence-corrected chi connectivity index (χ3v) is 2.25. The highest BCUT2D eigenvalue weighted by atomic mass is 16.5. The van der Waals surface area contributed by atoms with Crippen molar-refractivity contribution in [2.75, 3.05) is 0 Å². The number of rotatable bonds is 4. The molecule has 0 fully saturated rings. The number of nitrogens with one attached hydrogen (secondary N) is 1. The van der Waals surface area contributed by atoms with Crippen molar-refractivity contribution in [3.63, 3.8) is 0 Å². The fourth-order valence-corrected chi connectivity index (χ4v) is 1.35. The molecule has 6 nitrogen and oxygen atoms in total. The first-order chi connectivity index (χ1) is 8.66. The van der Waals surface area contributed by atoms with E-state index in [1.54, 1.807) is 0 Å². The first-order valence-electron chi connectivity index (χ1n) is 5.19. The van der Waals surface area contributed by atoms with Crippen molar-refractivity contribution in [2.24, 2.45) is 0 Å². The fraction of sp³-hybridized carbons (Fsp3) is 0.0833. The third-order valence-electron chi connectivity index (χ3n) is 2.25. The van der Waals surface area contributed by atoms with Gasteiger partial charge < -0.3 is 14.9 Å². The summed E-state index contributed by atoms with van der Waals surface area (Å²) in [5, 5.41) is 14.6. The fourth-order valence-electron chi connectivity index (χ4n) is 1.35. The lowest BCUT2D eigenvalue weighted by Crippen LogP contribution is -2.23. The van der Waals surface area contributed by atoms with E-state index in [1.807, 2.05) is 30.3 Å². The highest BCUT2D eigenvalue weighted by Crippen LogP contribution is 2.04. The van der Waals surface area contributed by atoms with Gasteiger partial charge in [0.1, 0.15) is 0 Å². The number of hydrogen-bond acceptors (Lipinski definition) is 4. The number of hydrogen-bond donors (Lipinski definition) is 2. The van der Waals surface area contributed by atoms with Crippen LogP contribution in [-0.2, 0) is 6.54 Å². The van der Waals surface area contributed by atoms with Crippen molar-refractivity contribution in [1.29, 1.82) is 0 Å². The standard InChI is InChI=1S/C12H10N2O4/c15-11(9-6-10(12(16)17)18-14-9)13-7-8-4-2-1-3-5-8/h1-6H,7H2,(H,13,15)(H,16,17). The van der Waals surface area contributed by atoms with Gasteiger partial charge in [-0.05, 0) is 5.56 Å². The Bertz CT molecular complexity index is 562. The number of aromatic nitrogens is 1. The first kappa shape index (κ1) is 11.8. The molecular formula is C12H10N2O4. The summed E-state index contributed by atoms with van der Waals surface area (Å²) in [5.41, 5.74) is 0.885. The van der Waals surface area contributed by atoms with Crippen molar-refractivity contribution in [2.45, 2.75) is 6.54 Å². The van der Waals surface area contributed by atoms with Crippen molar-refractivity contribution in [1.82, 2.24) is 10.5 Å². The maximum absolute atomic E-state index is 11.6. The largest absolute Gasteiger partial charge is 0.475 e. The Hall–Kier alpha value is -2.63. The number of amides is 1. The summed E-state index contributed by atoms with van der Waals surface area (Å²) in [4.78, 5) is 22.2. The van der Waals surface area contributed by atoms with Crippen LogP contribution in [0.4, 0.5) is 0 Å². The molecule has 1 aromatic heterocycles. The quantitative estimate of drug-likeness (QED) is 0.848. The molecule has 0 aliphatic heterocycles. The Labute approximate surface area is 102 Å². The van der Waals surface area contributed by atoms with Crippen LogP contribution in [0.5, 0.6) is 0 Å². The average molecular weight is 246 g/mol. The molecule has 92 valence electrons. The zero-order chi connectivity index (χ0) is 13.0. The van der Waals surface area contributed by atoms with Gasteiger partial charge in [-0.3, -0.25) is 4.79 Å². The number of carboxylic acids is 1. The van der Waals surface area contributed by atoms with Crippen LogP contribution in [0.15, 0.2) is 40.9 Å². The molecule has 0 radical (unpaired) electrons. The third kappa shape index (κ3) is 2.73. The number of aromatic carboxylic acids is 1. The maximum atomic E-state index is 11.6. The second kappa shape index (κ2) is 5.13. The van der Waals surface area contributed by atoms with Crippen LogP contribution in [0, 0.1) is 0 Å². The molecule has 1 heterocycles. The summed E-state index contributed by atoms with van der Waals surface area (Å²) >= 11 is 0. The van der Waals surface area contributed by atoms with Gasteiger partial charge in [0, 0.05) is 12.6 Å². The van der Waals surface area contributed by atoms with E-state index >= 15 is 0 Å². The lowest BCUT2D eigenvalue weighted by atomic mass is 10.2. The SMILES string of the molecule is O=C(NCc1ccccc1)c1cc(C(=O)O)on1. The van der Waals surface area contributed by atoms with E-state index in [4.69, 9.17) is 5.11 Å². The van der Waals surface area contributed by atoms with Crippen LogP contribution in [0.25, 0.3) is 0 Å². The van der Waals surface area contributed by atoms with Gasteiger partial charge in [0.15, 0.2) is 5.69 Å². The average Bonchev–Trinajstić information content (AvgIpc) is 2.87. The molecule has 0 atom stereocenters. The lowest BCUT2D eigenvalue weighted by molar-refractivity contribution is 0.0651. The molecule has 2 N–H and O–H groups in total. The Morgan fingerprint density at radius 2 is 2.00 bits per heavy atom. The number of carboxylic acid groups (broad SMARTS) is 1. The molecule has 1 amide bonds. The highest BCUT2D eigenvalue weighted by Gasteiger charge is 2.16. The molecule has 0 bridgehead atoms. The molecule has 0 saturated heterocycles. The van der Waals surface area contributed by atoms with Crippen molar-refractivity contribution in [3.05, 3.63) is 53.4 Å². The van der Waals surface area contributed by atoms with Crippen molar-refractivity contribution >= 4 is 11.9 Å². The van der Waals surface area contributed by atoms with Crippen molar-refractivity contribution in [3.8, 4) is 0 Å². The summed E-state index contributed by atoms with van der Waals surface area (Å²) < 4.78 is 4.49. The zero-order valence-electron chi connectivity index (χ0n) is 9.29. The minimum absolute atomic E-state index is 0.0525.